The van der Waals surface area contributed by atoms with Crippen molar-refractivity contribution < 1.29 is 9.47 Å². The van der Waals surface area contributed by atoms with E-state index in [0.29, 0.717) is 0 Å². The van der Waals surface area contributed by atoms with E-state index < -0.39 is 0 Å². The first-order valence-electron chi connectivity index (χ1n) is 5.51. The van der Waals surface area contributed by atoms with E-state index in [4.69, 9.17) is 9.47 Å². The van der Waals surface area contributed by atoms with E-state index in [0.717, 1.165) is 18.7 Å². The van der Waals surface area contributed by atoms with Gasteiger partial charge in [0.1, 0.15) is 6.04 Å². The van der Waals surface area contributed by atoms with Gasteiger partial charge in [-0.3, -0.25) is 4.68 Å². The van der Waals surface area contributed by atoms with Crippen LogP contribution in [0, 0.1) is 0 Å². The molecule has 0 aliphatic heterocycles. The molecule has 0 saturated carbocycles. The predicted octanol–water partition coefficient (Wildman–Crippen LogP) is 1.08. The summed E-state index contributed by atoms with van der Waals surface area (Å²) in [5.74, 6) is 0. The maximum atomic E-state index is 5.29. The molecule has 92 valence electrons. The van der Waals surface area contributed by atoms with Gasteiger partial charge in [-0.05, 0) is 19.0 Å². The molecule has 0 aliphatic carbocycles. The zero-order valence-corrected chi connectivity index (χ0v) is 10.4. The third-order valence-corrected chi connectivity index (χ3v) is 2.40. The highest BCUT2D eigenvalue weighted by Gasteiger charge is 2.24. The first-order chi connectivity index (χ1) is 7.72. The smallest absolute Gasteiger partial charge is 0.177 e. The maximum Gasteiger partial charge on any atom is 0.177 e. The molecule has 5 nitrogen and oxygen atoms in total. The van der Waals surface area contributed by atoms with Gasteiger partial charge in [-0.2, -0.15) is 5.10 Å². The van der Waals surface area contributed by atoms with Gasteiger partial charge >= 0.3 is 0 Å². The first-order valence-corrected chi connectivity index (χ1v) is 5.51. The molecule has 0 amide bonds. The zero-order chi connectivity index (χ0) is 12.0. The quantitative estimate of drug-likeness (QED) is 0.708. The third kappa shape index (κ3) is 3.30. The van der Waals surface area contributed by atoms with Gasteiger partial charge < -0.3 is 14.8 Å². The van der Waals surface area contributed by atoms with Crippen LogP contribution in [-0.2, 0) is 16.5 Å². The van der Waals surface area contributed by atoms with E-state index in [-0.39, 0.29) is 12.3 Å². The van der Waals surface area contributed by atoms with Crippen LogP contribution in [0.25, 0.3) is 0 Å². The zero-order valence-electron chi connectivity index (χ0n) is 10.4. The lowest BCUT2D eigenvalue weighted by Crippen LogP contribution is -2.35. The highest BCUT2D eigenvalue weighted by atomic mass is 16.7. The number of hydrogen-bond donors (Lipinski definition) is 1. The van der Waals surface area contributed by atoms with Gasteiger partial charge in [-0.25, -0.2) is 0 Å². The summed E-state index contributed by atoms with van der Waals surface area (Å²) in [5, 5.41) is 7.75. The minimum atomic E-state index is -0.318. The molecule has 0 aromatic carbocycles. The second kappa shape index (κ2) is 6.62. The van der Waals surface area contributed by atoms with Gasteiger partial charge in [-0.1, -0.05) is 6.92 Å². The molecule has 16 heavy (non-hydrogen) atoms. The monoisotopic (exact) mass is 227 g/mol. The molecule has 1 heterocycles. The largest absolute Gasteiger partial charge is 0.354 e. The molecule has 0 aliphatic rings. The third-order valence-electron chi connectivity index (χ3n) is 2.40. The Morgan fingerprint density at radius 1 is 1.44 bits per heavy atom. The molecule has 0 spiro atoms. The summed E-state index contributed by atoms with van der Waals surface area (Å²) in [6.07, 6.45) is 2.66. The van der Waals surface area contributed by atoms with Crippen LogP contribution < -0.4 is 5.32 Å². The molecule has 1 aromatic rings. The molecule has 1 unspecified atom stereocenters. The van der Waals surface area contributed by atoms with Crippen molar-refractivity contribution in [3.63, 3.8) is 0 Å². The molecule has 5 heteroatoms. The van der Waals surface area contributed by atoms with E-state index in [2.05, 4.69) is 17.3 Å². The number of nitrogens with zero attached hydrogens (tertiary/aromatic N) is 2. The van der Waals surface area contributed by atoms with E-state index in [1.165, 1.54) is 0 Å². The summed E-state index contributed by atoms with van der Waals surface area (Å²) >= 11 is 0. The standard InChI is InChI=1S/C11H21N3O2/c1-5-7-12-10(11(15-3)16-4)9-6-8-14(2)13-9/h6,8,10-12H,5,7H2,1-4H3. The molecular weight excluding hydrogens is 206 g/mol. The summed E-state index contributed by atoms with van der Waals surface area (Å²) < 4.78 is 12.4. The number of methoxy groups -OCH3 is 2. The van der Waals surface area contributed by atoms with Crippen LogP contribution in [0.15, 0.2) is 12.3 Å². The maximum absolute atomic E-state index is 5.29. The molecule has 0 radical (unpaired) electrons. The van der Waals surface area contributed by atoms with Crippen molar-refractivity contribution in [1.29, 1.82) is 0 Å². The Bertz CT molecular complexity index is 297. The fraction of sp³-hybridized carbons (Fsp3) is 0.727. The van der Waals surface area contributed by atoms with E-state index in [1.54, 1.807) is 18.9 Å². The lowest BCUT2D eigenvalue weighted by molar-refractivity contribution is -0.124. The Morgan fingerprint density at radius 2 is 2.12 bits per heavy atom. The van der Waals surface area contributed by atoms with Gasteiger partial charge in [0.2, 0.25) is 0 Å². The number of aryl methyl sites for hydroxylation is 1. The van der Waals surface area contributed by atoms with Gasteiger partial charge in [-0.15, -0.1) is 0 Å². The lowest BCUT2D eigenvalue weighted by atomic mass is 10.2. The minimum absolute atomic E-state index is 0.0313. The van der Waals surface area contributed by atoms with Crippen LogP contribution >= 0.6 is 0 Å². The second-order valence-electron chi connectivity index (χ2n) is 3.69. The summed E-state index contributed by atoms with van der Waals surface area (Å²) in [4.78, 5) is 0. The van der Waals surface area contributed by atoms with Crippen molar-refractivity contribution >= 4 is 0 Å². The highest BCUT2D eigenvalue weighted by Crippen LogP contribution is 2.17. The van der Waals surface area contributed by atoms with Gasteiger partial charge in [0.15, 0.2) is 6.29 Å². The lowest BCUT2D eigenvalue weighted by Gasteiger charge is -2.24. The average molecular weight is 227 g/mol. The topological polar surface area (TPSA) is 48.3 Å². The van der Waals surface area contributed by atoms with E-state index in [9.17, 15) is 0 Å². The average Bonchev–Trinajstić information content (AvgIpc) is 2.71. The van der Waals surface area contributed by atoms with Crippen LogP contribution in [0.2, 0.25) is 0 Å². The molecule has 0 saturated heterocycles. The Morgan fingerprint density at radius 3 is 2.56 bits per heavy atom. The Labute approximate surface area is 96.7 Å². The molecule has 1 N–H and O–H groups in total. The van der Waals surface area contributed by atoms with E-state index in [1.807, 2.05) is 19.3 Å². The molecule has 1 aromatic heterocycles. The molecule has 0 bridgehead atoms. The first kappa shape index (κ1) is 13.2. The molecular formula is C11H21N3O2. The molecule has 1 atom stereocenters. The predicted molar refractivity (Wildman–Crippen MR) is 62.0 cm³/mol. The van der Waals surface area contributed by atoms with Crippen LogP contribution in [-0.4, -0.2) is 36.8 Å². The van der Waals surface area contributed by atoms with Crippen LogP contribution in [0.4, 0.5) is 0 Å². The van der Waals surface area contributed by atoms with Crippen molar-refractivity contribution in [3.05, 3.63) is 18.0 Å². The van der Waals surface area contributed by atoms with Crippen LogP contribution in [0.3, 0.4) is 0 Å². The summed E-state index contributed by atoms with van der Waals surface area (Å²) in [6.45, 7) is 3.03. The van der Waals surface area contributed by atoms with Crippen molar-refractivity contribution in [2.75, 3.05) is 20.8 Å². The molecule has 1 rings (SSSR count). The van der Waals surface area contributed by atoms with E-state index >= 15 is 0 Å². The normalized spacial score (nSPS) is 13.3. The van der Waals surface area contributed by atoms with Crippen molar-refractivity contribution in [3.8, 4) is 0 Å². The highest BCUT2D eigenvalue weighted by molar-refractivity contribution is 5.06. The number of hydrogen-bond acceptors (Lipinski definition) is 4. The van der Waals surface area contributed by atoms with Gasteiger partial charge in [0.25, 0.3) is 0 Å². The fourth-order valence-electron chi connectivity index (χ4n) is 1.61. The van der Waals surface area contributed by atoms with Crippen molar-refractivity contribution in [1.82, 2.24) is 15.1 Å². The van der Waals surface area contributed by atoms with Crippen LogP contribution in [0.5, 0.6) is 0 Å². The van der Waals surface area contributed by atoms with Crippen LogP contribution in [0.1, 0.15) is 25.1 Å². The minimum Gasteiger partial charge on any atom is -0.354 e. The van der Waals surface area contributed by atoms with Gasteiger partial charge in [0.05, 0.1) is 5.69 Å². The molecule has 0 fully saturated rings. The summed E-state index contributed by atoms with van der Waals surface area (Å²) in [6, 6.07) is 1.94. The Hall–Kier alpha value is -0.910. The van der Waals surface area contributed by atoms with Crippen molar-refractivity contribution in [2.24, 2.45) is 7.05 Å². The number of aromatic nitrogens is 2. The van der Waals surface area contributed by atoms with Gasteiger partial charge in [0, 0.05) is 27.5 Å². The summed E-state index contributed by atoms with van der Waals surface area (Å²) in [7, 11) is 5.17. The second-order valence-corrected chi connectivity index (χ2v) is 3.69. The number of rotatable bonds is 7. The SMILES string of the molecule is CCCNC(c1ccn(C)n1)C(OC)OC. The Balaban J connectivity index is 2.77. The fourth-order valence-corrected chi connectivity index (χ4v) is 1.61. The van der Waals surface area contributed by atoms with Crippen molar-refractivity contribution in [2.45, 2.75) is 25.7 Å². The summed E-state index contributed by atoms with van der Waals surface area (Å²) in [5.41, 5.74) is 0.935. The number of ether oxygens (including phenoxy) is 2. The number of nitrogens with one attached hydrogen (secondary N) is 1. The Kier molecular flexibility index (Phi) is 5.45.